The molecule has 2 aromatic rings. The normalized spacial score (nSPS) is 18.5. The number of anilines is 1. The summed E-state index contributed by atoms with van der Waals surface area (Å²) in [5, 5.41) is 10.2. The van der Waals surface area contributed by atoms with Gasteiger partial charge in [0.25, 0.3) is 0 Å². The third-order valence-corrected chi connectivity index (χ3v) is 5.75. The quantitative estimate of drug-likeness (QED) is 0.816. The maximum atomic E-state index is 13.8. The number of likely N-dealkylation sites (tertiary alicyclic amines) is 1. The van der Waals surface area contributed by atoms with Crippen LogP contribution < -0.4 is 4.90 Å². The highest BCUT2D eigenvalue weighted by atomic mass is 19.1. The summed E-state index contributed by atoms with van der Waals surface area (Å²) in [6.45, 7) is 3.14. The third-order valence-electron chi connectivity index (χ3n) is 5.75. The van der Waals surface area contributed by atoms with Gasteiger partial charge in [-0.1, -0.05) is 0 Å². The summed E-state index contributed by atoms with van der Waals surface area (Å²) in [5.41, 5.74) is 1.87. The van der Waals surface area contributed by atoms with Crippen molar-refractivity contribution in [3.05, 3.63) is 35.8 Å². The molecule has 6 heteroatoms. The van der Waals surface area contributed by atoms with E-state index in [0.29, 0.717) is 29.6 Å². The lowest BCUT2D eigenvalue weighted by Crippen LogP contribution is -2.44. The Balaban J connectivity index is 1.55. The van der Waals surface area contributed by atoms with Gasteiger partial charge in [-0.2, -0.15) is 5.26 Å². The maximum Gasteiger partial charge on any atom is 0.225 e. The van der Waals surface area contributed by atoms with E-state index < -0.39 is 0 Å². The lowest BCUT2D eigenvalue weighted by molar-refractivity contribution is -0.137. The van der Waals surface area contributed by atoms with Gasteiger partial charge in [0.15, 0.2) is 0 Å². The van der Waals surface area contributed by atoms with Crippen molar-refractivity contribution in [3.63, 3.8) is 0 Å². The summed E-state index contributed by atoms with van der Waals surface area (Å²) in [4.78, 5) is 21.2. The number of nitriles is 1. The number of fused-ring (bicyclic) bond motifs is 1. The number of carbonyl (C=O) groups is 1. The minimum Gasteiger partial charge on any atom is -0.370 e. The average Bonchev–Trinajstić information content (AvgIpc) is 2.73. The molecule has 0 atom stereocenters. The molecule has 0 saturated carbocycles. The van der Waals surface area contributed by atoms with Crippen LogP contribution in [0.25, 0.3) is 10.9 Å². The number of piperidine rings is 2. The largest absolute Gasteiger partial charge is 0.370 e. The van der Waals surface area contributed by atoms with Crippen molar-refractivity contribution in [3.8, 4) is 6.07 Å². The van der Waals surface area contributed by atoms with Gasteiger partial charge in [0.1, 0.15) is 11.9 Å². The Hall–Kier alpha value is -2.68. The zero-order valence-corrected chi connectivity index (χ0v) is 15.3. The molecule has 3 heterocycles. The number of aromatic nitrogens is 1. The van der Waals surface area contributed by atoms with E-state index >= 15 is 0 Å². The van der Waals surface area contributed by atoms with Crippen LogP contribution in [0.1, 0.15) is 37.7 Å². The van der Waals surface area contributed by atoms with Gasteiger partial charge < -0.3 is 9.80 Å². The standard InChI is InChI=1S/C21H23FN4O/c22-17-4-5-19-18(12-17)20(16(13-23)14-24-19)25-10-6-15(7-11-25)21(27)26-8-2-1-3-9-26/h4-5,12,14-15H,1-3,6-11H2. The Morgan fingerprint density at radius 1 is 1.15 bits per heavy atom. The molecule has 0 spiro atoms. The molecule has 0 aliphatic carbocycles. The Labute approximate surface area is 158 Å². The molecule has 0 N–H and O–H groups in total. The number of rotatable bonds is 2. The zero-order chi connectivity index (χ0) is 18.8. The van der Waals surface area contributed by atoms with Gasteiger partial charge in [-0.05, 0) is 50.3 Å². The molecule has 0 unspecified atom stereocenters. The molecular weight excluding hydrogens is 343 g/mol. The topological polar surface area (TPSA) is 60.2 Å². The van der Waals surface area contributed by atoms with Gasteiger partial charge in [0, 0.05) is 43.7 Å². The van der Waals surface area contributed by atoms with Crippen molar-refractivity contribution in [1.82, 2.24) is 9.88 Å². The van der Waals surface area contributed by atoms with Gasteiger partial charge in [-0.3, -0.25) is 9.78 Å². The highest BCUT2D eigenvalue weighted by molar-refractivity contribution is 5.94. The highest BCUT2D eigenvalue weighted by Gasteiger charge is 2.30. The summed E-state index contributed by atoms with van der Waals surface area (Å²) >= 11 is 0. The van der Waals surface area contributed by atoms with Crippen LogP contribution in [0.4, 0.5) is 10.1 Å². The number of pyridine rings is 1. The van der Waals surface area contributed by atoms with Crippen LogP contribution in [0.2, 0.25) is 0 Å². The van der Waals surface area contributed by atoms with Gasteiger partial charge in [0.05, 0.1) is 16.8 Å². The van der Waals surface area contributed by atoms with Crippen LogP contribution in [0.5, 0.6) is 0 Å². The van der Waals surface area contributed by atoms with E-state index in [9.17, 15) is 14.4 Å². The number of amides is 1. The van der Waals surface area contributed by atoms with E-state index in [1.54, 1.807) is 12.3 Å². The van der Waals surface area contributed by atoms with E-state index in [1.807, 2.05) is 4.90 Å². The summed E-state index contributed by atoms with van der Waals surface area (Å²) in [5.74, 6) is -0.00832. The van der Waals surface area contributed by atoms with Crippen LogP contribution in [0.15, 0.2) is 24.4 Å². The van der Waals surface area contributed by atoms with Gasteiger partial charge in [-0.15, -0.1) is 0 Å². The Kier molecular flexibility index (Phi) is 4.93. The molecule has 1 amide bonds. The predicted octanol–water partition coefficient (Wildman–Crippen LogP) is 3.47. The predicted molar refractivity (Wildman–Crippen MR) is 102 cm³/mol. The fourth-order valence-electron chi connectivity index (χ4n) is 4.30. The van der Waals surface area contributed by atoms with Crippen molar-refractivity contribution in [2.45, 2.75) is 32.1 Å². The van der Waals surface area contributed by atoms with Crippen molar-refractivity contribution in [2.24, 2.45) is 5.92 Å². The average molecular weight is 366 g/mol. The van der Waals surface area contributed by atoms with Crippen LogP contribution >= 0.6 is 0 Å². The third kappa shape index (κ3) is 3.46. The molecule has 0 bridgehead atoms. The molecule has 2 aliphatic rings. The fraction of sp³-hybridized carbons (Fsp3) is 0.476. The number of carbonyl (C=O) groups excluding carboxylic acids is 1. The summed E-state index contributed by atoms with van der Waals surface area (Å²) in [6.07, 6.45) is 6.50. The molecule has 140 valence electrons. The maximum absolute atomic E-state index is 13.8. The number of halogens is 1. The minimum absolute atomic E-state index is 0.0507. The smallest absolute Gasteiger partial charge is 0.225 e. The Bertz CT molecular complexity index is 893. The molecule has 4 rings (SSSR count). The number of hydrogen-bond donors (Lipinski definition) is 0. The molecule has 2 saturated heterocycles. The van der Waals surface area contributed by atoms with Crippen molar-refractivity contribution < 1.29 is 9.18 Å². The molecule has 2 fully saturated rings. The second-order valence-electron chi connectivity index (χ2n) is 7.44. The summed E-state index contributed by atoms with van der Waals surface area (Å²) in [7, 11) is 0. The zero-order valence-electron chi connectivity index (χ0n) is 15.3. The van der Waals surface area contributed by atoms with E-state index in [-0.39, 0.29) is 17.6 Å². The molecule has 1 aromatic carbocycles. The highest BCUT2D eigenvalue weighted by Crippen LogP contribution is 2.33. The van der Waals surface area contributed by atoms with E-state index in [0.717, 1.165) is 44.5 Å². The van der Waals surface area contributed by atoms with Gasteiger partial charge in [0.2, 0.25) is 5.91 Å². The lowest BCUT2D eigenvalue weighted by Gasteiger charge is -2.37. The molecule has 2 aliphatic heterocycles. The molecule has 0 radical (unpaired) electrons. The molecule has 1 aromatic heterocycles. The molecule has 5 nitrogen and oxygen atoms in total. The van der Waals surface area contributed by atoms with Crippen molar-refractivity contribution in [1.29, 1.82) is 5.26 Å². The lowest BCUT2D eigenvalue weighted by atomic mass is 9.93. The second-order valence-corrected chi connectivity index (χ2v) is 7.44. The Morgan fingerprint density at radius 3 is 2.59 bits per heavy atom. The van der Waals surface area contributed by atoms with Crippen LogP contribution in [0, 0.1) is 23.1 Å². The first-order chi connectivity index (χ1) is 13.2. The first kappa shape index (κ1) is 17.7. The first-order valence-corrected chi connectivity index (χ1v) is 9.69. The second kappa shape index (κ2) is 7.51. The van der Waals surface area contributed by atoms with Gasteiger partial charge in [-0.25, -0.2) is 4.39 Å². The van der Waals surface area contributed by atoms with E-state index in [1.165, 1.54) is 18.6 Å². The van der Waals surface area contributed by atoms with E-state index in [2.05, 4.69) is 16.0 Å². The number of benzene rings is 1. The fourth-order valence-corrected chi connectivity index (χ4v) is 4.30. The number of nitrogens with zero attached hydrogens (tertiary/aromatic N) is 4. The molecule has 27 heavy (non-hydrogen) atoms. The van der Waals surface area contributed by atoms with Crippen LogP contribution in [0.3, 0.4) is 0 Å². The minimum atomic E-state index is -0.337. The van der Waals surface area contributed by atoms with Crippen LogP contribution in [-0.4, -0.2) is 42.0 Å². The first-order valence-electron chi connectivity index (χ1n) is 9.69. The SMILES string of the molecule is N#Cc1cnc2ccc(F)cc2c1N1CCC(C(=O)N2CCCCC2)CC1. The molecular formula is C21H23FN4O. The van der Waals surface area contributed by atoms with Gasteiger partial charge >= 0.3 is 0 Å². The van der Waals surface area contributed by atoms with Crippen molar-refractivity contribution >= 4 is 22.5 Å². The summed E-state index contributed by atoms with van der Waals surface area (Å²) in [6, 6.07) is 6.66. The summed E-state index contributed by atoms with van der Waals surface area (Å²) < 4.78 is 13.8. The number of hydrogen-bond acceptors (Lipinski definition) is 4. The van der Waals surface area contributed by atoms with Crippen LogP contribution in [-0.2, 0) is 4.79 Å². The van der Waals surface area contributed by atoms with Crippen molar-refractivity contribution in [2.75, 3.05) is 31.1 Å². The Morgan fingerprint density at radius 2 is 1.89 bits per heavy atom. The van der Waals surface area contributed by atoms with E-state index in [4.69, 9.17) is 0 Å². The monoisotopic (exact) mass is 366 g/mol.